The van der Waals surface area contributed by atoms with Crippen LogP contribution in [0.3, 0.4) is 0 Å². The molecule has 0 radical (unpaired) electrons. The zero-order valence-corrected chi connectivity index (χ0v) is 9.91. The van der Waals surface area contributed by atoms with Crippen LogP contribution in [0, 0.1) is 0 Å². The number of phenols is 1. The third kappa shape index (κ3) is 1.96. The fourth-order valence-electron chi connectivity index (χ4n) is 2.24. The highest BCUT2D eigenvalue weighted by atomic mass is 35.5. The molecule has 86 valence electrons. The van der Waals surface area contributed by atoms with E-state index in [1.54, 1.807) is 6.07 Å². The van der Waals surface area contributed by atoms with Gasteiger partial charge in [0.2, 0.25) is 0 Å². The number of hydrogen-bond acceptors (Lipinski definition) is 2. The topological polar surface area (TPSA) is 32.3 Å². The van der Waals surface area contributed by atoms with Gasteiger partial charge < -0.3 is 10.4 Å². The number of phenolic OH excluding ortho intramolecular Hbond substituents is 1. The van der Waals surface area contributed by atoms with Gasteiger partial charge in [0.15, 0.2) is 0 Å². The normalized spacial score (nSPS) is 17.6. The zero-order valence-electron chi connectivity index (χ0n) is 9.15. The largest absolute Gasteiger partial charge is 0.508 e. The lowest BCUT2D eigenvalue weighted by Crippen LogP contribution is -2.04. The summed E-state index contributed by atoms with van der Waals surface area (Å²) < 4.78 is 0. The molecule has 0 amide bonds. The molecule has 0 fully saturated rings. The number of aromatic hydroxyl groups is 1. The van der Waals surface area contributed by atoms with Gasteiger partial charge in [0.1, 0.15) is 5.75 Å². The summed E-state index contributed by atoms with van der Waals surface area (Å²) in [5.74, 6) is 0.322. The van der Waals surface area contributed by atoms with E-state index in [-0.39, 0.29) is 6.04 Å². The standard InChI is InChI=1S/C14H12ClNO/c15-11-3-1-9(2-4-11)14-8-10-7-12(17)5-6-13(10)16-14/h1-7,14,16-17H,8H2. The third-order valence-electron chi connectivity index (χ3n) is 3.11. The van der Waals surface area contributed by atoms with E-state index >= 15 is 0 Å². The predicted molar refractivity (Wildman–Crippen MR) is 69.6 cm³/mol. The highest BCUT2D eigenvalue weighted by Gasteiger charge is 2.21. The van der Waals surface area contributed by atoms with E-state index in [1.165, 1.54) is 5.56 Å². The highest BCUT2D eigenvalue weighted by Crippen LogP contribution is 2.36. The number of nitrogens with one attached hydrogen (secondary N) is 1. The third-order valence-corrected chi connectivity index (χ3v) is 3.37. The van der Waals surface area contributed by atoms with Crippen LogP contribution in [0.15, 0.2) is 42.5 Å². The first-order valence-corrected chi connectivity index (χ1v) is 5.94. The first-order chi connectivity index (χ1) is 8.22. The quantitative estimate of drug-likeness (QED) is 0.750. The summed E-state index contributed by atoms with van der Waals surface area (Å²) in [6.07, 6.45) is 0.894. The molecule has 1 aliphatic heterocycles. The molecule has 2 aromatic carbocycles. The van der Waals surface area contributed by atoms with Crippen molar-refractivity contribution in [2.75, 3.05) is 5.32 Å². The number of fused-ring (bicyclic) bond motifs is 1. The van der Waals surface area contributed by atoms with Crippen molar-refractivity contribution in [3.05, 3.63) is 58.6 Å². The van der Waals surface area contributed by atoms with Crippen molar-refractivity contribution in [1.82, 2.24) is 0 Å². The second-order valence-electron chi connectivity index (χ2n) is 4.29. The molecule has 2 N–H and O–H groups in total. The van der Waals surface area contributed by atoms with E-state index in [4.69, 9.17) is 11.6 Å². The van der Waals surface area contributed by atoms with Crippen LogP contribution < -0.4 is 5.32 Å². The molecule has 3 rings (SSSR count). The molecule has 3 heteroatoms. The Bertz CT molecular complexity index is 551. The van der Waals surface area contributed by atoms with Gasteiger partial charge in [0.05, 0.1) is 6.04 Å². The van der Waals surface area contributed by atoms with E-state index in [9.17, 15) is 5.11 Å². The number of hydrogen-bond donors (Lipinski definition) is 2. The molecule has 2 aromatic rings. The van der Waals surface area contributed by atoms with Gasteiger partial charge in [0, 0.05) is 10.7 Å². The van der Waals surface area contributed by atoms with Crippen LogP contribution in [0.5, 0.6) is 5.75 Å². The Morgan fingerprint density at radius 2 is 1.88 bits per heavy atom. The average Bonchev–Trinajstić information content (AvgIpc) is 2.72. The van der Waals surface area contributed by atoms with E-state index < -0.39 is 0 Å². The van der Waals surface area contributed by atoms with E-state index in [0.717, 1.165) is 22.7 Å². The fraction of sp³-hybridized carbons (Fsp3) is 0.143. The lowest BCUT2D eigenvalue weighted by Gasteiger charge is -2.11. The Kier molecular flexibility index (Phi) is 2.45. The minimum absolute atomic E-state index is 0.268. The molecular weight excluding hydrogens is 234 g/mol. The summed E-state index contributed by atoms with van der Waals surface area (Å²) in [4.78, 5) is 0. The van der Waals surface area contributed by atoms with Crippen LogP contribution in [0.25, 0.3) is 0 Å². The molecule has 0 aliphatic carbocycles. The maximum absolute atomic E-state index is 9.44. The first-order valence-electron chi connectivity index (χ1n) is 5.56. The Labute approximate surface area is 105 Å². The molecule has 0 aromatic heterocycles. The van der Waals surface area contributed by atoms with Crippen molar-refractivity contribution in [2.45, 2.75) is 12.5 Å². The molecule has 1 unspecified atom stereocenters. The molecular formula is C14H12ClNO. The summed E-state index contributed by atoms with van der Waals surface area (Å²) in [7, 11) is 0. The molecule has 1 heterocycles. The van der Waals surface area contributed by atoms with E-state index in [1.807, 2.05) is 36.4 Å². The lowest BCUT2D eigenvalue weighted by molar-refractivity contribution is 0.475. The van der Waals surface area contributed by atoms with Gasteiger partial charge in [-0.05, 0) is 47.9 Å². The predicted octanol–water partition coefficient (Wildman–Crippen LogP) is 3.75. The highest BCUT2D eigenvalue weighted by molar-refractivity contribution is 6.30. The average molecular weight is 246 g/mol. The minimum Gasteiger partial charge on any atom is -0.508 e. The van der Waals surface area contributed by atoms with Gasteiger partial charge in [-0.25, -0.2) is 0 Å². The van der Waals surface area contributed by atoms with Crippen LogP contribution in [0.2, 0.25) is 5.02 Å². The van der Waals surface area contributed by atoms with Crippen molar-refractivity contribution in [2.24, 2.45) is 0 Å². The van der Waals surface area contributed by atoms with Crippen molar-refractivity contribution >= 4 is 17.3 Å². The summed E-state index contributed by atoms with van der Waals surface area (Å²) in [5.41, 5.74) is 3.47. The Morgan fingerprint density at radius 3 is 2.65 bits per heavy atom. The molecule has 1 aliphatic rings. The van der Waals surface area contributed by atoms with Gasteiger partial charge in [-0.2, -0.15) is 0 Å². The maximum Gasteiger partial charge on any atom is 0.116 e. The van der Waals surface area contributed by atoms with Crippen molar-refractivity contribution in [1.29, 1.82) is 0 Å². The van der Waals surface area contributed by atoms with Crippen molar-refractivity contribution < 1.29 is 5.11 Å². The second-order valence-corrected chi connectivity index (χ2v) is 4.73. The summed E-state index contributed by atoms with van der Waals surface area (Å²) in [6, 6.07) is 13.6. The molecule has 2 nitrogen and oxygen atoms in total. The number of halogens is 1. The first kappa shape index (κ1) is 10.5. The lowest BCUT2D eigenvalue weighted by atomic mass is 10.0. The molecule has 0 saturated heterocycles. The SMILES string of the molecule is Oc1ccc2c(c1)CC(c1ccc(Cl)cc1)N2. The molecule has 0 spiro atoms. The second kappa shape index (κ2) is 3.97. The number of benzene rings is 2. The smallest absolute Gasteiger partial charge is 0.116 e. The molecule has 17 heavy (non-hydrogen) atoms. The number of anilines is 1. The Hall–Kier alpha value is -1.67. The fourth-order valence-corrected chi connectivity index (χ4v) is 2.37. The molecule has 1 atom stereocenters. The van der Waals surface area contributed by atoms with Crippen LogP contribution in [0.1, 0.15) is 17.2 Å². The summed E-state index contributed by atoms with van der Waals surface area (Å²) in [5, 5.41) is 13.6. The van der Waals surface area contributed by atoms with Crippen LogP contribution in [-0.4, -0.2) is 5.11 Å². The summed E-state index contributed by atoms with van der Waals surface area (Å²) in [6.45, 7) is 0. The van der Waals surface area contributed by atoms with Gasteiger partial charge in [-0.3, -0.25) is 0 Å². The van der Waals surface area contributed by atoms with Gasteiger partial charge >= 0.3 is 0 Å². The van der Waals surface area contributed by atoms with Gasteiger partial charge in [-0.15, -0.1) is 0 Å². The van der Waals surface area contributed by atoms with E-state index in [0.29, 0.717) is 5.75 Å². The van der Waals surface area contributed by atoms with E-state index in [2.05, 4.69) is 5.32 Å². The van der Waals surface area contributed by atoms with Crippen molar-refractivity contribution in [3.8, 4) is 5.75 Å². The van der Waals surface area contributed by atoms with Gasteiger partial charge in [0.25, 0.3) is 0 Å². The van der Waals surface area contributed by atoms with Crippen LogP contribution in [0.4, 0.5) is 5.69 Å². The maximum atomic E-state index is 9.44. The van der Waals surface area contributed by atoms with Crippen LogP contribution >= 0.6 is 11.6 Å². The zero-order chi connectivity index (χ0) is 11.8. The minimum atomic E-state index is 0.268. The number of rotatable bonds is 1. The molecule has 0 bridgehead atoms. The Balaban J connectivity index is 1.88. The van der Waals surface area contributed by atoms with Gasteiger partial charge in [-0.1, -0.05) is 23.7 Å². The van der Waals surface area contributed by atoms with Crippen LogP contribution in [-0.2, 0) is 6.42 Å². The molecule has 0 saturated carbocycles. The summed E-state index contributed by atoms with van der Waals surface area (Å²) >= 11 is 5.87. The van der Waals surface area contributed by atoms with Crippen molar-refractivity contribution in [3.63, 3.8) is 0 Å². The Morgan fingerprint density at radius 1 is 1.12 bits per heavy atom. The monoisotopic (exact) mass is 245 g/mol.